The van der Waals surface area contributed by atoms with Crippen molar-refractivity contribution < 1.29 is 14.4 Å². The number of nitrogens with zero attached hydrogens (tertiary/aromatic N) is 2. The second-order valence-electron chi connectivity index (χ2n) is 10.3. The minimum atomic E-state index is -0.242. The molecular weight excluding hydrogens is 490 g/mol. The Balaban J connectivity index is 1.33. The fourth-order valence-corrected chi connectivity index (χ4v) is 5.28. The van der Waals surface area contributed by atoms with E-state index in [1.54, 1.807) is 24.3 Å². The average molecular weight is 526 g/mol. The van der Waals surface area contributed by atoms with Crippen LogP contribution in [0.25, 0.3) is 0 Å². The van der Waals surface area contributed by atoms with Gasteiger partial charge in [-0.05, 0) is 68.1 Å². The van der Waals surface area contributed by atoms with Crippen molar-refractivity contribution >= 4 is 29.1 Å². The highest BCUT2D eigenvalue weighted by atomic mass is 16.2. The van der Waals surface area contributed by atoms with Gasteiger partial charge in [0.1, 0.15) is 0 Å². The topological polar surface area (TPSA) is 108 Å². The summed E-state index contributed by atoms with van der Waals surface area (Å²) in [6.07, 6.45) is 3.55. The molecule has 8 nitrogen and oxygen atoms in total. The van der Waals surface area contributed by atoms with Gasteiger partial charge in [-0.3, -0.25) is 14.4 Å². The molecule has 1 aliphatic carbocycles. The largest absolute Gasteiger partial charge is 0.366 e. The molecule has 3 aromatic carbocycles. The van der Waals surface area contributed by atoms with E-state index in [1.165, 1.54) is 0 Å². The first-order valence-corrected chi connectivity index (χ1v) is 13.6. The van der Waals surface area contributed by atoms with Crippen LogP contribution in [0.5, 0.6) is 0 Å². The number of amides is 3. The van der Waals surface area contributed by atoms with E-state index in [4.69, 9.17) is 5.73 Å². The molecule has 0 spiro atoms. The molecule has 2 fully saturated rings. The first-order chi connectivity index (χ1) is 19.0. The number of hydrogen-bond acceptors (Lipinski definition) is 5. The highest BCUT2D eigenvalue weighted by Crippen LogP contribution is 2.30. The predicted octanol–water partition coefficient (Wildman–Crippen LogP) is 3.90. The maximum Gasteiger partial charge on any atom is 0.255 e. The first-order valence-electron chi connectivity index (χ1n) is 13.6. The molecule has 39 heavy (non-hydrogen) atoms. The second-order valence-corrected chi connectivity index (χ2v) is 10.3. The van der Waals surface area contributed by atoms with E-state index in [2.05, 4.69) is 15.5 Å². The number of hydrogen-bond donors (Lipinski definition) is 3. The minimum Gasteiger partial charge on any atom is -0.366 e. The second kappa shape index (κ2) is 12.1. The number of piperazine rings is 1. The van der Waals surface area contributed by atoms with Gasteiger partial charge in [0.2, 0.25) is 0 Å². The van der Waals surface area contributed by atoms with Gasteiger partial charge in [-0.25, -0.2) is 0 Å². The summed E-state index contributed by atoms with van der Waals surface area (Å²) in [7, 11) is 0. The molecule has 8 heteroatoms. The van der Waals surface area contributed by atoms with Crippen molar-refractivity contribution in [2.75, 3.05) is 36.4 Å². The van der Waals surface area contributed by atoms with Crippen molar-refractivity contribution in [3.8, 4) is 0 Å². The van der Waals surface area contributed by atoms with Crippen LogP contribution in [0.2, 0.25) is 0 Å². The number of anilines is 2. The molecule has 4 N–H and O–H groups in total. The Bertz CT molecular complexity index is 1300. The van der Waals surface area contributed by atoms with E-state index >= 15 is 0 Å². The van der Waals surface area contributed by atoms with Crippen LogP contribution in [0.3, 0.4) is 0 Å². The van der Waals surface area contributed by atoms with Crippen LogP contribution in [0.15, 0.2) is 78.9 Å². The van der Waals surface area contributed by atoms with Gasteiger partial charge < -0.3 is 26.2 Å². The van der Waals surface area contributed by atoms with Gasteiger partial charge in [0, 0.05) is 55.0 Å². The fraction of sp³-hybridized carbons (Fsp3) is 0.323. The highest BCUT2D eigenvalue weighted by molar-refractivity contribution is 6.07. The van der Waals surface area contributed by atoms with Gasteiger partial charge in [-0.2, -0.15) is 0 Å². The molecular formula is C31H35N5O3. The zero-order valence-corrected chi connectivity index (χ0v) is 22.0. The first kappa shape index (κ1) is 26.4. The lowest BCUT2D eigenvalue weighted by atomic mass is 9.91. The standard InChI is InChI=1S/C31H35N5O3/c32-25-12-14-26(15-13-25)33-30(38)24-11-16-28(27(21-24)34-29(37)22-7-3-1-4-8-22)35-17-19-36(20-18-35)31(39)23-9-5-2-6-10-23/h1-11,16,21,25-26H,12-15,17-20,32H2,(H,33,38)(H,34,37). The zero-order valence-electron chi connectivity index (χ0n) is 22.0. The molecule has 0 radical (unpaired) electrons. The summed E-state index contributed by atoms with van der Waals surface area (Å²) in [4.78, 5) is 43.1. The van der Waals surface area contributed by atoms with E-state index in [0.29, 0.717) is 48.6 Å². The third-order valence-electron chi connectivity index (χ3n) is 7.58. The average Bonchev–Trinajstić information content (AvgIpc) is 2.99. The molecule has 0 bridgehead atoms. The molecule has 0 unspecified atom stereocenters. The minimum absolute atomic E-state index is 0.0172. The monoisotopic (exact) mass is 525 g/mol. The third-order valence-corrected chi connectivity index (χ3v) is 7.58. The number of carbonyl (C=O) groups is 3. The summed E-state index contributed by atoms with van der Waals surface area (Å²) in [5.41, 5.74) is 9.13. The van der Waals surface area contributed by atoms with Crippen molar-refractivity contribution in [1.82, 2.24) is 10.2 Å². The number of nitrogens with two attached hydrogens (primary N) is 1. The van der Waals surface area contributed by atoms with E-state index in [9.17, 15) is 14.4 Å². The molecule has 2 aliphatic rings. The number of nitrogens with one attached hydrogen (secondary N) is 2. The molecule has 202 valence electrons. The van der Waals surface area contributed by atoms with Crippen LogP contribution < -0.4 is 21.3 Å². The van der Waals surface area contributed by atoms with Crippen molar-refractivity contribution in [1.29, 1.82) is 0 Å². The van der Waals surface area contributed by atoms with Crippen molar-refractivity contribution in [3.63, 3.8) is 0 Å². The highest BCUT2D eigenvalue weighted by Gasteiger charge is 2.25. The Hall–Kier alpha value is -4.17. The molecule has 3 aromatic rings. The van der Waals surface area contributed by atoms with Gasteiger partial charge in [0.15, 0.2) is 0 Å². The number of carbonyl (C=O) groups excluding carboxylic acids is 3. The molecule has 1 saturated heterocycles. The van der Waals surface area contributed by atoms with Gasteiger partial charge >= 0.3 is 0 Å². The lowest BCUT2D eigenvalue weighted by Crippen LogP contribution is -2.49. The van der Waals surface area contributed by atoms with Crippen molar-refractivity contribution in [2.24, 2.45) is 5.73 Å². The molecule has 1 aliphatic heterocycles. The Morgan fingerprint density at radius 1 is 0.692 bits per heavy atom. The Morgan fingerprint density at radius 2 is 1.31 bits per heavy atom. The van der Waals surface area contributed by atoms with E-state index in [0.717, 1.165) is 31.4 Å². The van der Waals surface area contributed by atoms with Gasteiger partial charge in [0.25, 0.3) is 17.7 Å². The molecule has 3 amide bonds. The summed E-state index contributed by atoms with van der Waals surface area (Å²) in [5.74, 6) is -0.382. The molecule has 5 rings (SSSR count). The Kier molecular flexibility index (Phi) is 8.22. The van der Waals surface area contributed by atoms with Gasteiger partial charge in [-0.1, -0.05) is 36.4 Å². The van der Waals surface area contributed by atoms with Crippen LogP contribution in [0, 0.1) is 0 Å². The lowest BCUT2D eigenvalue weighted by Gasteiger charge is -2.37. The lowest BCUT2D eigenvalue weighted by molar-refractivity contribution is 0.0746. The maximum absolute atomic E-state index is 13.1. The summed E-state index contributed by atoms with van der Waals surface area (Å²) >= 11 is 0. The van der Waals surface area contributed by atoms with Crippen LogP contribution in [-0.2, 0) is 0 Å². The smallest absolute Gasteiger partial charge is 0.255 e. The SMILES string of the molecule is NC1CCC(NC(=O)c2ccc(N3CCN(C(=O)c4ccccc4)CC3)c(NC(=O)c3ccccc3)c2)CC1. The molecule has 1 saturated carbocycles. The summed E-state index contributed by atoms with van der Waals surface area (Å²) < 4.78 is 0. The summed E-state index contributed by atoms with van der Waals surface area (Å²) in [6.45, 7) is 2.35. The number of benzene rings is 3. The third kappa shape index (κ3) is 6.46. The van der Waals surface area contributed by atoms with Crippen molar-refractivity contribution in [3.05, 3.63) is 95.6 Å². The van der Waals surface area contributed by atoms with E-state index in [-0.39, 0.29) is 29.8 Å². The Morgan fingerprint density at radius 3 is 1.95 bits per heavy atom. The van der Waals surface area contributed by atoms with Crippen LogP contribution in [-0.4, -0.2) is 60.9 Å². The maximum atomic E-state index is 13.1. The van der Waals surface area contributed by atoms with Crippen LogP contribution in [0.4, 0.5) is 11.4 Å². The predicted molar refractivity (Wildman–Crippen MR) is 153 cm³/mol. The summed E-state index contributed by atoms with van der Waals surface area (Å²) in [5, 5.41) is 6.17. The van der Waals surface area contributed by atoms with Gasteiger partial charge in [0.05, 0.1) is 11.4 Å². The van der Waals surface area contributed by atoms with E-state index in [1.807, 2.05) is 59.5 Å². The van der Waals surface area contributed by atoms with Gasteiger partial charge in [-0.15, -0.1) is 0 Å². The quantitative estimate of drug-likeness (QED) is 0.453. The summed E-state index contributed by atoms with van der Waals surface area (Å²) in [6, 6.07) is 24.1. The van der Waals surface area contributed by atoms with Crippen molar-refractivity contribution in [2.45, 2.75) is 37.8 Å². The zero-order chi connectivity index (χ0) is 27.2. The fourth-order valence-electron chi connectivity index (χ4n) is 5.28. The van der Waals surface area contributed by atoms with Crippen LogP contribution >= 0.6 is 0 Å². The molecule has 1 heterocycles. The number of rotatable bonds is 6. The molecule has 0 atom stereocenters. The van der Waals surface area contributed by atoms with Crippen LogP contribution in [0.1, 0.15) is 56.8 Å². The normalized spacial score (nSPS) is 19.3. The molecule has 0 aromatic heterocycles. The van der Waals surface area contributed by atoms with E-state index < -0.39 is 0 Å². The Labute approximate surface area is 229 Å².